The summed E-state index contributed by atoms with van der Waals surface area (Å²) >= 11 is 0. The molecule has 7 nitrogen and oxygen atoms in total. The first-order chi connectivity index (χ1) is 13.3. The van der Waals surface area contributed by atoms with Crippen molar-refractivity contribution in [2.45, 2.75) is 57.4 Å². The van der Waals surface area contributed by atoms with Crippen LogP contribution in [-0.2, 0) is 14.8 Å². The second-order valence-electron chi connectivity index (χ2n) is 7.15. The number of nitrogens with one attached hydrogen (secondary N) is 2. The lowest BCUT2D eigenvalue weighted by Crippen LogP contribution is -2.33. The first-order valence-electron chi connectivity index (χ1n) is 9.31. The molecule has 1 aromatic carbocycles. The van der Waals surface area contributed by atoms with Crippen LogP contribution in [0.3, 0.4) is 0 Å². The van der Waals surface area contributed by atoms with Gasteiger partial charge >= 0.3 is 0 Å². The molecule has 1 aliphatic rings. The van der Waals surface area contributed by atoms with Gasteiger partial charge in [0.05, 0.1) is 4.90 Å². The van der Waals surface area contributed by atoms with E-state index in [0.29, 0.717) is 28.3 Å². The van der Waals surface area contributed by atoms with Crippen molar-refractivity contribution in [1.29, 1.82) is 0 Å². The van der Waals surface area contributed by atoms with E-state index < -0.39 is 10.0 Å². The van der Waals surface area contributed by atoms with Gasteiger partial charge in [-0.2, -0.15) is 0 Å². The van der Waals surface area contributed by atoms with Crippen LogP contribution in [0.15, 0.2) is 27.6 Å². The fourth-order valence-corrected chi connectivity index (χ4v) is 4.92. The highest BCUT2D eigenvalue weighted by atomic mass is 32.2. The van der Waals surface area contributed by atoms with Gasteiger partial charge in [-0.15, -0.1) is 0 Å². The van der Waals surface area contributed by atoms with Crippen LogP contribution in [0.25, 0.3) is 12.2 Å². The van der Waals surface area contributed by atoms with Gasteiger partial charge in [-0.1, -0.05) is 36.2 Å². The van der Waals surface area contributed by atoms with Crippen LogP contribution in [0, 0.1) is 13.8 Å². The highest BCUT2D eigenvalue weighted by Crippen LogP contribution is 2.25. The Bertz CT molecular complexity index is 1000. The number of nitrogens with zero attached hydrogens (tertiary/aromatic N) is 1. The van der Waals surface area contributed by atoms with Crippen molar-refractivity contribution in [3.05, 3.63) is 40.8 Å². The second kappa shape index (κ2) is 8.28. The number of anilines is 1. The van der Waals surface area contributed by atoms with Crippen LogP contribution in [0.1, 0.15) is 55.2 Å². The van der Waals surface area contributed by atoms with E-state index in [9.17, 15) is 13.2 Å². The third kappa shape index (κ3) is 4.69. The number of aromatic nitrogens is 1. The van der Waals surface area contributed by atoms with Crippen molar-refractivity contribution in [3.63, 3.8) is 0 Å². The van der Waals surface area contributed by atoms with E-state index in [0.717, 1.165) is 25.7 Å². The maximum Gasteiger partial charge on any atom is 0.241 e. The molecule has 3 rings (SSSR count). The lowest BCUT2D eigenvalue weighted by molar-refractivity contribution is -0.114. The highest BCUT2D eigenvalue weighted by molar-refractivity contribution is 7.89. The zero-order chi connectivity index (χ0) is 20.3. The lowest BCUT2D eigenvalue weighted by Gasteiger charge is -2.14. The second-order valence-corrected chi connectivity index (χ2v) is 8.83. The summed E-state index contributed by atoms with van der Waals surface area (Å²) in [6.07, 6.45) is 7.28. The number of carbonyl (C=O) groups is 1. The average Bonchev–Trinajstić information content (AvgIpc) is 3.24. The number of hydrogen-bond donors (Lipinski definition) is 2. The molecular weight excluding hydrogens is 378 g/mol. The zero-order valence-corrected chi connectivity index (χ0v) is 17.1. The SMILES string of the molecule is CC(=O)Nc1c(C)noc1/C=C\c1ccc(C)c(S(=O)(=O)NC2CCCC2)c1. The van der Waals surface area contributed by atoms with Gasteiger partial charge in [0.25, 0.3) is 0 Å². The lowest BCUT2D eigenvalue weighted by atomic mass is 10.1. The predicted octanol–water partition coefficient (Wildman–Crippen LogP) is 3.64. The Kier molecular flexibility index (Phi) is 6.00. The standard InChI is InChI=1S/C20H25N3O4S/c1-13-8-9-16(10-11-18-20(21-15(3)24)14(2)22-27-18)12-19(13)28(25,26)23-17-6-4-5-7-17/h8-12,17,23H,4-7H2,1-3H3,(H,21,24)/b11-10-. The summed E-state index contributed by atoms with van der Waals surface area (Å²) in [5.74, 6) is 0.185. The van der Waals surface area contributed by atoms with E-state index in [4.69, 9.17) is 4.52 Å². The third-order valence-corrected chi connectivity index (χ3v) is 6.46. The van der Waals surface area contributed by atoms with Crippen molar-refractivity contribution in [1.82, 2.24) is 9.88 Å². The highest BCUT2D eigenvalue weighted by Gasteiger charge is 2.24. The van der Waals surface area contributed by atoms with Crippen LogP contribution < -0.4 is 10.0 Å². The molecule has 1 amide bonds. The molecule has 0 radical (unpaired) electrons. The minimum absolute atomic E-state index is 0.0148. The van der Waals surface area contributed by atoms with Crippen LogP contribution in [0.4, 0.5) is 5.69 Å². The fraction of sp³-hybridized carbons (Fsp3) is 0.400. The van der Waals surface area contributed by atoms with E-state index in [1.807, 2.05) is 6.07 Å². The molecule has 0 atom stereocenters. The number of rotatable bonds is 6. The minimum Gasteiger partial charge on any atom is -0.354 e. The molecule has 8 heteroatoms. The third-order valence-electron chi connectivity index (χ3n) is 4.80. The van der Waals surface area contributed by atoms with Crippen molar-refractivity contribution >= 4 is 33.8 Å². The van der Waals surface area contributed by atoms with Gasteiger partial charge in [-0.05, 0) is 50.0 Å². The van der Waals surface area contributed by atoms with Crippen LogP contribution >= 0.6 is 0 Å². The van der Waals surface area contributed by atoms with Crippen molar-refractivity contribution in [2.24, 2.45) is 0 Å². The molecule has 150 valence electrons. The Labute approximate surface area is 165 Å². The smallest absolute Gasteiger partial charge is 0.241 e. The number of amides is 1. The molecular formula is C20H25N3O4S. The molecule has 0 bridgehead atoms. The first kappa shape index (κ1) is 20.3. The first-order valence-corrected chi connectivity index (χ1v) is 10.8. The molecule has 1 saturated carbocycles. The molecule has 0 unspecified atom stereocenters. The topological polar surface area (TPSA) is 101 Å². The van der Waals surface area contributed by atoms with E-state index in [-0.39, 0.29) is 16.8 Å². The number of aryl methyl sites for hydroxylation is 2. The molecule has 0 saturated heterocycles. The Morgan fingerprint density at radius 1 is 1.21 bits per heavy atom. The van der Waals surface area contributed by atoms with Crippen LogP contribution in [0.5, 0.6) is 0 Å². The number of hydrogen-bond acceptors (Lipinski definition) is 5. The molecule has 28 heavy (non-hydrogen) atoms. The van der Waals surface area contributed by atoms with Crippen LogP contribution in [0.2, 0.25) is 0 Å². The molecule has 1 aromatic heterocycles. The Balaban J connectivity index is 1.85. The summed E-state index contributed by atoms with van der Waals surface area (Å²) in [7, 11) is -3.58. The zero-order valence-electron chi connectivity index (χ0n) is 16.3. The summed E-state index contributed by atoms with van der Waals surface area (Å²) in [5.41, 5.74) is 2.48. The normalized spacial score (nSPS) is 15.4. The quantitative estimate of drug-likeness (QED) is 0.767. The van der Waals surface area contributed by atoms with Gasteiger partial charge in [0.2, 0.25) is 15.9 Å². The minimum atomic E-state index is -3.58. The van der Waals surface area contributed by atoms with Gasteiger partial charge < -0.3 is 9.84 Å². The summed E-state index contributed by atoms with van der Waals surface area (Å²) < 4.78 is 33.7. The Morgan fingerprint density at radius 3 is 2.61 bits per heavy atom. The number of carbonyl (C=O) groups excluding carboxylic acids is 1. The maximum atomic E-state index is 12.8. The molecule has 2 N–H and O–H groups in total. The Hall–Kier alpha value is -2.45. The summed E-state index contributed by atoms with van der Waals surface area (Å²) in [6, 6.07) is 5.27. The average molecular weight is 404 g/mol. The molecule has 2 aromatic rings. The summed E-state index contributed by atoms with van der Waals surface area (Å²) in [5, 5.41) is 6.55. The number of sulfonamides is 1. The van der Waals surface area contributed by atoms with Crippen LogP contribution in [-0.4, -0.2) is 25.5 Å². The monoisotopic (exact) mass is 403 g/mol. The molecule has 1 heterocycles. The van der Waals surface area contributed by atoms with Gasteiger partial charge in [0.1, 0.15) is 11.4 Å². The largest absolute Gasteiger partial charge is 0.354 e. The van der Waals surface area contributed by atoms with Gasteiger partial charge in [0, 0.05) is 13.0 Å². The van der Waals surface area contributed by atoms with E-state index in [1.54, 1.807) is 38.1 Å². The van der Waals surface area contributed by atoms with E-state index >= 15 is 0 Å². The predicted molar refractivity (Wildman–Crippen MR) is 108 cm³/mol. The number of benzene rings is 1. The Morgan fingerprint density at radius 2 is 1.93 bits per heavy atom. The molecule has 0 aliphatic heterocycles. The molecule has 0 spiro atoms. The van der Waals surface area contributed by atoms with Gasteiger partial charge in [-0.3, -0.25) is 4.79 Å². The van der Waals surface area contributed by atoms with Crippen molar-refractivity contribution < 1.29 is 17.7 Å². The van der Waals surface area contributed by atoms with Crippen molar-refractivity contribution in [3.8, 4) is 0 Å². The fourth-order valence-electron chi connectivity index (χ4n) is 3.34. The van der Waals surface area contributed by atoms with E-state index in [1.165, 1.54) is 6.92 Å². The van der Waals surface area contributed by atoms with E-state index in [2.05, 4.69) is 15.2 Å². The van der Waals surface area contributed by atoms with Gasteiger partial charge in [-0.25, -0.2) is 13.1 Å². The maximum absolute atomic E-state index is 12.8. The summed E-state index contributed by atoms with van der Waals surface area (Å²) in [4.78, 5) is 11.6. The summed E-state index contributed by atoms with van der Waals surface area (Å²) in [6.45, 7) is 4.93. The van der Waals surface area contributed by atoms with Gasteiger partial charge in [0.15, 0.2) is 5.76 Å². The van der Waals surface area contributed by atoms with Crippen molar-refractivity contribution in [2.75, 3.05) is 5.32 Å². The molecule has 1 aliphatic carbocycles. The molecule has 1 fully saturated rings.